The number of anilines is 1. The van der Waals surface area contributed by atoms with E-state index in [1.165, 1.54) is 5.56 Å². The smallest absolute Gasteiger partial charge is 0.123 e. The van der Waals surface area contributed by atoms with Crippen molar-refractivity contribution in [1.82, 2.24) is 9.78 Å². The van der Waals surface area contributed by atoms with Gasteiger partial charge in [-0.2, -0.15) is 5.10 Å². The summed E-state index contributed by atoms with van der Waals surface area (Å²) < 4.78 is 7.23. The lowest BCUT2D eigenvalue weighted by Crippen LogP contribution is -2.03. The van der Waals surface area contributed by atoms with Gasteiger partial charge in [-0.05, 0) is 19.4 Å². The van der Waals surface area contributed by atoms with Gasteiger partial charge in [0.25, 0.3) is 0 Å². The Morgan fingerprint density at radius 1 is 1.37 bits per heavy atom. The van der Waals surface area contributed by atoms with E-state index in [2.05, 4.69) is 36.4 Å². The summed E-state index contributed by atoms with van der Waals surface area (Å²) in [5.41, 5.74) is 4.58. The Labute approximate surface area is 114 Å². The fourth-order valence-electron chi connectivity index (χ4n) is 2.18. The molecule has 4 heteroatoms. The van der Waals surface area contributed by atoms with Gasteiger partial charge in [0, 0.05) is 25.4 Å². The molecule has 0 aliphatic carbocycles. The zero-order chi connectivity index (χ0) is 13.8. The lowest BCUT2D eigenvalue weighted by molar-refractivity contribution is 0.410. The van der Waals surface area contributed by atoms with E-state index in [0.29, 0.717) is 0 Å². The maximum atomic E-state index is 5.39. The van der Waals surface area contributed by atoms with Crippen LogP contribution in [0.5, 0.6) is 5.75 Å². The van der Waals surface area contributed by atoms with Crippen LogP contribution in [0.3, 0.4) is 0 Å². The summed E-state index contributed by atoms with van der Waals surface area (Å²) in [5.74, 6) is 0.917. The Morgan fingerprint density at radius 3 is 2.84 bits per heavy atom. The normalized spacial score (nSPS) is 10.5. The number of nitrogens with one attached hydrogen (secondary N) is 1. The fourth-order valence-corrected chi connectivity index (χ4v) is 2.18. The summed E-state index contributed by atoms with van der Waals surface area (Å²) in [6.07, 6.45) is 2.94. The molecule has 0 saturated heterocycles. The monoisotopic (exact) mass is 259 g/mol. The molecule has 1 aromatic heterocycles. The maximum absolute atomic E-state index is 5.39. The number of aryl methyl sites for hydroxylation is 3. The molecule has 2 rings (SSSR count). The summed E-state index contributed by atoms with van der Waals surface area (Å²) in [7, 11) is 3.65. The second-order valence-electron chi connectivity index (χ2n) is 4.69. The van der Waals surface area contributed by atoms with Gasteiger partial charge in [0.15, 0.2) is 0 Å². The van der Waals surface area contributed by atoms with Crippen LogP contribution in [0.4, 0.5) is 5.69 Å². The van der Waals surface area contributed by atoms with Gasteiger partial charge in [0.05, 0.1) is 18.5 Å². The van der Waals surface area contributed by atoms with Crippen molar-refractivity contribution < 1.29 is 4.74 Å². The molecule has 2 aromatic rings. The molecular weight excluding hydrogens is 238 g/mol. The van der Waals surface area contributed by atoms with Gasteiger partial charge in [-0.3, -0.25) is 4.68 Å². The molecule has 0 bridgehead atoms. The molecule has 0 atom stereocenters. The Bertz CT molecular complexity index is 561. The lowest BCUT2D eigenvalue weighted by Gasteiger charge is -2.11. The van der Waals surface area contributed by atoms with E-state index in [1.807, 2.05) is 24.0 Å². The van der Waals surface area contributed by atoms with E-state index < -0.39 is 0 Å². The van der Waals surface area contributed by atoms with E-state index >= 15 is 0 Å². The number of nitrogens with zero attached hydrogens (tertiary/aromatic N) is 2. The molecule has 1 N–H and O–H groups in total. The summed E-state index contributed by atoms with van der Waals surface area (Å²) in [5, 5.41) is 7.86. The van der Waals surface area contributed by atoms with Gasteiger partial charge in [-0.1, -0.05) is 24.6 Å². The van der Waals surface area contributed by atoms with E-state index in [-0.39, 0.29) is 0 Å². The maximum Gasteiger partial charge on any atom is 0.123 e. The zero-order valence-corrected chi connectivity index (χ0v) is 12.0. The van der Waals surface area contributed by atoms with Crippen LogP contribution in [0.1, 0.15) is 23.7 Å². The highest BCUT2D eigenvalue weighted by atomic mass is 16.5. The van der Waals surface area contributed by atoms with Crippen molar-refractivity contribution in [2.45, 2.75) is 26.8 Å². The first-order chi connectivity index (χ1) is 9.13. The summed E-state index contributed by atoms with van der Waals surface area (Å²) in [6, 6.07) is 6.22. The minimum Gasteiger partial charge on any atom is -0.496 e. The van der Waals surface area contributed by atoms with E-state index in [1.54, 1.807) is 7.11 Å². The average Bonchev–Trinajstić information content (AvgIpc) is 2.77. The number of benzene rings is 1. The molecule has 0 aliphatic heterocycles. The third-order valence-corrected chi connectivity index (χ3v) is 3.15. The summed E-state index contributed by atoms with van der Waals surface area (Å²) in [6.45, 7) is 4.94. The van der Waals surface area contributed by atoms with Crippen LogP contribution in [0, 0.1) is 6.92 Å². The first-order valence-corrected chi connectivity index (χ1v) is 6.54. The second kappa shape index (κ2) is 5.78. The number of hydrogen-bond acceptors (Lipinski definition) is 3. The van der Waals surface area contributed by atoms with E-state index in [0.717, 1.165) is 35.7 Å². The Hall–Kier alpha value is -1.97. The van der Waals surface area contributed by atoms with Crippen molar-refractivity contribution in [3.05, 3.63) is 41.2 Å². The Morgan fingerprint density at radius 2 is 2.16 bits per heavy atom. The largest absolute Gasteiger partial charge is 0.496 e. The van der Waals surface area contributed by atoms with Crippen molar-refractivity contribution in [2.24, 2.45) is 7.05 Å². The molecule has 0 spiro atoms. The molecule has 1 heterocycles. The third-order valence-electron chi connectivity index (χ3n) is 3.15. The second-order valence-corrected chi connectivity index (χ2v) is 4.69. The quantitative estimate of drug-likeness (QED) is 0.897. The van der Waals surface area contributed by atoms with Crippen LogP contribution in [0.2, 0.25) is 0 Å². The third kappa shape index (κ3) is 3.08. The molecule has 102 valence electrons. The summed E-state index contributed by atoms with van der Waals surface area (Å²) in [4.78, 5) is 0. The molecule has 1 aromatic carbocycles. The number of rotatable bonds is 5. The van der Waals surface area contributed by atoms with Crippen molar-refractivity contribution in [3.8, 4) is 5.75 Å². The number of aromatic nitrogens is 2. The van der Waals surface area contributed by atoms with Gasteiger partial charge in [-0.15, -0.1) is 0 Å². The van der Waals surface area contributed by atoms with Gasteiger partial charge in [0.2, 0.25) is 0 Å². The van der Waals surface area contributed by atoms with Crippen molar-refractivity contribution in [3.63, 3.8) is 0 Å². The molecule has 19 heavy (non-hydrogen) atoms. The van der Waals surface area contributed by atoms with Crippen molar-refractivity contribution >= 4 is 5.69 Å². The van der Waals surface area contributed by atoms with E-state index in [9.17, 15) is 0 Å². The first-order valence-electron chi connectivity index (χ1n) is 6.54. The fraction of sp³-hybridized carbons (Fsp3) is 0.400. The minimum atomic E-state index is 0.740. The summed E-state index contributed by atoms with van der Waals surface area (Å²) >= 11 is 0. The molecule has 0 unspecified atom stereocenters. The molecule has 0 aliphatic rings. The topological polar surface area (TPSA) is 39.1 Å². The number of hydrogen-bond donors (Lipinski definition) is 1. The Kier molecular flexibility index (Phi) is 4.10. The van der Waals surface area contributed by atoms with Crippen molar-refractivity contribution in [1.29, 1.82) is 0 Å². The minimum absolute atomic E-state index is 0.740. The van der Waals surface area contributed by atoms with Gasteiger partial charge in [-0.25, -0.2) is 0 Å². The SMILES string of the molecule is CCc1nn(C)cc1NCc1cc(C)ccc1OC. The van der Waals surface area contributed by atoms with Crippen LogP contribution in [-0.4, -0.2) is 16.9 Å². The highest BCUT2D eigenvalue weighted by Gasteiger charge is 2.07. The van der Waals surface area contributed by atoms with Gasteiger partial charge < -0.3 is 10.1 Å². The van der Waals surface area contributed by atoms with Crippen molar-refractivity contribution in [2.75, 3.05) is 12.4 Å². The number of methoxy groups -OCH3 is 1. The predicted molar refractivity (Wildman–Crippen MR) is 77.6 cm³/mol. The predicted octanol–water partition coefficient (Wildman–Crippen LogP) is 2.91. The molecule has 0 fully saturated rings. The highest BCUT2D eigenvalue weighted by Crippen LogP contribution is 2.22. The highest BCUT2D eigenvalue weighted by molar-refractivity contribution is 5.48. The van der Waals surface area contributed by atoms with Crippen LogP contribution < -0.4 is 10.1 Å². The van der Waals surface area contributed by atoms with Gasteiger partial charge >= 0.3 is 0 Å². The molecule has 0 amide bonds. The van der Waals surface area contributed by atoms with Crippen LogP contribution in [0.25, 0.3) is 0 Å². The van der Waals surface area contributed by atoms with Crippen LogP contribution in [0.15, 0.2) is 24.4 Å². The standard InChI is InChI=1S/C15H21N3O/c1-5-13-14(10-18(3)17-13)16-9-12-8-11(2)6-7-15(12)19-4/h6-8,10,16H,5,9H2,1-4H3. The van der Waals surface area contributed by atoms with Crippen LogP contribution in [-0.2, 0) is 20.0 Å². The van der Waals surface area contributed by atoms with Crippen LogP contribution >= 0.6 is 0 Å². The molecule has 0 saturated carbocycles. The number of ether oxygens (including phenoxy) is 1. The first kappa shape index (κ1) is 13.5. The Balaban J connectivity index is 2.15. The molecular formula is C15H21N3O. The van der Waals surface area contributed by atoms with Gasteiger partial charge in [0.1, 0.15) is 5.75 Å². The van der Waals surface area contributed by atoms with E-state index in [4.69, 9.17) is 4.74 Å². The molecule has 0 radical (unpaired) electrons. The zero-order valence-electron chi connectivity index (χ0n) is 12.0. The average molecular weight is 259 g/mol. The lowest BCUT2D eigenvalue weighted by atomic mass is 10.1. The molecule has 4 nitrogen and oxygen atoms in total.